The van der Waals surface area contributed by atoms with Crippen LogP contribution in [-0.4, -0.2) is 19.6 Å². The summed E-state index contributed by atoms with van der Waals surface area (Å²) in [6.45, 7) is 3.26. The molecule has 1 N–H and O–H groups in total. The molecule has 2 aromatic carbocycles. The van der Waals surface area contributed by atoms with Gasteiger partial charge in [0.1, 0.15) is 0 Å². The lowest BCUT2D eigenvalue weighted by Gasteiger charge is -2.34. The molecular weight excluding hydrogens is 220 g/mol. The SMILES string of the molecule is CC1CN(C)c2c(cccc2-c2ccccc2)N1. The lowest BCUT2D eigenvalue weighted by molar-refractivity contribution is 0.738. The van der Waals surface area contributed by atoms with Gasteiger partial charge >= 0.3 is 0 Å². The Labute approximate surface area is 108 Å². The van der Waals surface area contributed by atoms with E-state index in [2.05, 4.69) is 72.7 Å². The molecule has 0 spiro atoms. The van der Waals surface area contributed by atoms with Gasteiger partial charge in [0.15, 0.2) is 0 Å². The molecule has 1 unspecified atom stereocenters. The zero-order chi connectivity index (χ0) is 12.5. The summed E-state index contributed by atoms with van der Waals surface area (Å²) in [6.07, 6.45) is 0. The van der Waals surface area contributed by atoms with Crippen LogP contribution in [0.25, 0.3) is 11.1 Å². The van der Waals surface area contributed by atoms with E-state index in [1.807, 2.05) is 0 Å². The van der Waals surface area contributed by atoms with Crippen molar-refractivity contribution in [1.29, 1.82) is 0 Å². The molecule has 0 aliphatic carbocycles. The Bertz CT molecular complexity index is 548. The van der Waals surface area contributed by atoms with Crippen LogP contribution in [0.1, 0.15) is 6.92 Å². The van der Waals surface area contributed by atoms with Gasteiger partial charge in [-0.1, -0.05) is 42.5 Å². The number of hydrogen-bond donors (Lipinski definition) is 1. The first kappa shape index (κ1) is 11.1. The maximum absolute atomic E-state index is 3.56. The maximum Gasteiger partial charge on any atom is 0.0679 e. The fourth-order valence-electron chi connectivity index (χ4n) is 2.74. The van der Waals surface area contributed by atoms with Crippen LogP contribution in [0.15, 0.2) is 48.5 Å². The fourth-order valence-corrected chi connectivity index (χ4v) is 2.74. The summed E-state index contributed by atoms with van der Waals surface area (Å²) in [4.78, 5) is 2.35. The highest BCUT2D eigenvalue weighted by atomic mass is 15.2. The summed E-state index contributed by atoms with van der Waals surface area (Å²) in [5.74, 6) is 0. The first-order valence-electron chi connectivity index (χ1n) is 6.42. The van der Waals surface area contributed by atoms with E-state index in [9.17, 15) is 0 Å². The van der Waals surface area contributed by atoms with E-state index in [0.29, 0.717) is 6.04 Å². The third-order valence-corrected chi connectivity index (χ3v) is 3.45. The van der Waals surface area contributed by atoms with Crippen molar-refractivity contribution in [2.24, 2.45) is 0 Å². The van der Waals surface area contributed by atoms with Crippen molar-refractivity contribution in [2.75, 3.05) is 23.8 Å². The Balaban J connectivity index is 2.15. The second kappa shape index (κ2) is 4.37. The quantitative estimate of drug-likeness (QED) is 0.816. The zero-order valence-corrected chi connectivity index (χ0v) is 10.9. The van der Waals surface area contributed by atoms with Crippen LogP contribution in [0, 0.1) is 0 Å². The molecule has 0 bridgehead atoms. The van der Waals surface area contributed by atoms with Crippen LogP contribution in [0.2, 0.25) is 0 Å². The lowest BCUT2D eigenvalue weighted by Crippen LogP contribution is -2.37. The highest BCUT2D eigenvalue weighted by molar-refractivity contribution is 5.88. The number of rotatable bonds is 1. The molecule has 0 saturated heterocycles. The van der Waals surface area contributed by atoms with Gasteiger partial charge in [0, 0.05) is 25.2 Å². The molecule has 1 aliphatic heterocycles. The monoisotopic (exact) mass is 238 g/mol. The average Bonchev–Trinajstić information content (AvgIpc) is 2.38. The van der Waals surface area contributed by atoms with Gasteiger partial charge in [0.2, 0.25) is 0 Å². The molecule has 1 aliphatic rings. The third kappa shape index (κ3) is 1.84. The van der Waals surface area contributed by atoms with Gasteiger partial charge in [0.05, 0.1) is 11.4 Å². The number of anilines is 2. The standard InChI is InChI=1S/C16H18N2/c1-12-11-18(2)16-14(9-6-10-15(16)17-12)13-7-4-3-5-8-13/h3-10,12,17H,11H2,1-2H3. The summed E-state index contributed by atoms with van der Waals surface area (Å²) < 4.78 is 0. The molecule has 3 rings (SSSR count). The topological polar surface area (TPSA) is 15.3 Å². The van der Waals surface area contributed by atoms with Gasteiger partial charge in [-0.05, 0) is 18.6 Å². The summed E-state index contributed by atoms with van der Waals surface area (Å²) >= 11 is 0. The van der Waals surface area contributed by atoms with E-state index >= 15 is 0 Å². The van der Waals surface area contributed by atoms with E-state index in [0.717, 1.165) is 6.54 Å². The van der Waals surface area contributed by atoms with E-state index in [1.54, 1.807) is 0 Å². The Morgan fingerprint density at radius 1 is 1.06 bits per heavy atom. The summed E-state index contributed by atoms with van der Waals surface area (Å²) in [6, 6.07) is 17.6. The van der Waals surface area contributed by atoms with Crippen molar-refractivity contribution in [3.63, 3.8) is 0 Å². The largest absolute Gasteiger partial charge is 0.379 e. The minimum Gasteiger partial charge on any atom is -0.379 e. The highest BCUT2D eigenvalue weighted by Gasteiger charge is 2.21. The van der Waals surface area contributed by atoms with Gasteiger partial charge in [-0.2, -0.15) is 0 Å². The Morgan fingerprint density at radius 2 is 1.83 bits per heavy atom. The number of nitrogens with zero attached hydrogens (tertiary/aromatic N) is 1. The Hall–Kier alpha value is -1.96. The fraction of sp³-hybridized carbons (Fsp3) is 0.250. The lowest BCUT2D eigenvalue weighted by atomic mass is 9.99. The molecule has 0 fully saturated rings. The minimum absolute atomic E-state index is 0.494. The van der Waals surface area contributed by atoms with Crippen molar-refractivity contribution >= 4 is 11.4 Å². The molecule has 0 radical (unpaired) electrons. The van der Waals surface area contributed by atoms with Gasteiger partial charge in [-0.25, -0.2) is 0 Å². The van der Waals surface area contributed by atoms with Gasteiger partial charge in [-0.3, -0.25) is 0 Å². The first-order chi connectivity index (χ1) is 8.75. The molecule has 2 nitrogen and oxygen atoms in total. The van der Waals surface area contributed by atoms with Crippen LogP contribution >= 0.6 is 0 Å². The molecular formula is C16H18N2. The number of fused-ring (bicyclic) bond motifs is 1. The van der Waals surface area contributed by atoms with E-state index in [-0.39, 0.29) is 0 Å². The van der Waals surface area contributed by atoms with E-state index in [1.165, 1.54) is 22.5 Å². The second-order valence-electron chi connectivity index (χ2n) is 4.99. The Morgan fingerprint density at radius 3 is 2.61 bits per heavy atom. The van der Waals surface area contributed by atoms with Crippen molar-refractivity contribution in [3.05, 3.63) is 48.5 Å². The van der Waals surface area contributed by atoms with Crippen molar-refractivity contribution in [2.45, 2.75) is 13.0 Å². The third-order valence-electron chi connectivity index (χ3n) is 3.45. The van der Waals surface area contributed by atoms with E-state index < -0.39 is 0 Å². The smallest absolute Gasteiger partial charge is 0.0679 e. The predicted octanol–water partition coefficient (Wildman–Crippen LogP) is 3.60. The normalized spacial score (nSPS) is 18.1. The van der Waals surface area contributed by atoms with Crippen molar-refractivity contribution < 1.29 is 0 Å². The number of benzene rings is 2. The second-order valence-corrected chi connectivity index (χ2v) is 4.99. The zero-order valence-electron chi connectivity index (χ0n) is 10.9. The number of para-hydroxylation sites is 1. The molecule has 1 heterocycles. The first-order valence-corrected chi connectivity index (χ1v) is 6.42. The van der Waals surface area contributed by atoms with Gasteiger partial charge in [-0.15, -0.1) is 0 Å². The van der Waals surface area contributed by atoms with Crippen molar-refractivity contribution in [1.82, 2.24) is 0 Å². The minimum atomic E-state index is 0.494. The molecule has 92 valence electrons. The molecule has 2 heteroatoms. The number of nitrogens with one attached hydrogen (secondary N) is 1. The maximum atomic E-state index is 3.56. The predicted molar refractivity (Wildman–Crippen MR) is 78.2 cm³/mol. The molecule has 0 saturated carbocycles. The molecule has 0 amide bonds. The average molecular weight is 238 g/mol. The summed E-state index contributed by atoms with van der Waals surface area (Å²) in [7, 11) is 2.17. The molecule has 1 atom stereocenters. The number of likely N-dealkylation sites (N-methyl/N-ethyl adjacent to an activating group) is 1. The van der Waals surface area contributed by atoms with E-state index in [4.69, 9.17) is 0 Å². The van der Waals surface area contributed by atoms with Crippen LogP contribution in [-0.2, 0) is 0 Å². The van der Waals surface area contributed by atoms with Crippen molar-refractivity contribution in [3.8, 4) is 11.1 Å². The van der Waals surface area contributed by atoms with Crippen LogP contribution in [0.3, 0.4) is 0 Å². The highest BCUT2D eigenvalue weighted by Crippen LogP contribution is 2.39. The van der Waals surface area contributed by atoms with Gasteiger partial charge < -0.3 is 10.2 Å². The van der Waals surface area contributed by atoms with Crippen LogP contribution < -0.4 is 10.2 Å². The molecule has 0 aromatic heterocycles. The summed E-state index contributed by atoms with van der Waals surface area (Å²) in [5, 5.41) is 3.56. The van der Waals surface area contributed by atoms with Gasteiger partial charge in [0.25, 0.3) is 0 Å². The Kier molecular flexibility index (Phi) is 2.71. The van der Waals surface area contributed by atoms with Crippen LogP contribution in [0.5, 0.6) is 0 Å². The number of hydrogen-bond acceptors (Lipinski definition) is 2. The summed E-state index contributed by atoms with van der Waals surface area (Å²) in [5.41, 5.74) is 5.12. The van der Waals surface area contributed by atoms with Crippen LogP contribution in [0.4, 0.5) is 11.4 Å². The molecule has 18 heavy (non-hydrogen) atoms. The molecule has 2 aromatic rings.